The van der Waals surface area contributed by atoms with Crippen LogP contribution in [0.5, 0.6) is 0 Å². The van der Waals surface area contributed by atoms with Gasteiger partial charge in [0.05, 0.1) is 4.88 Å². The number of aromatic nitrogens is 1. The predicted molar refractivity (Wildman–Crippen MR) is 56.7 cm³/mol. The number of hydrogen-bond acceptors (Lipinski definition) is 4. The van der Waals surface area contributed by atoms with Crippen LogP contribution in [0.4, 0.5) is 5.88 Å². The van der Waals surface area contributed by atoms with Crippen LogP contribution in [0, 0.1) is 6.92 Å². The fraction of sp³-hybridized carbons (Fsp3) is 0.300. The van der Waals surface area contributed by atoms with Crippen molar-refractivity contribution in [2.45, 2.75) is 13.3 Å². The Kier molecular flexibility index (Phi) is 1.64. The van der Waals surface area contributed by atoms with E-state index in [4.69, 9.17) is 4.52 Å². The maximum Gasteiger partial charge on any atom is 0.228 e. The van der Waals surface area contributed by atoms with Crippen molar-refractivity contribution in [3.8, 4) is 10.6 Å². The first kappa shape index (κ1) is 8.05. The minimum Gasteiger partial charge on any atom is -0.353 e. The molecule has 3 rings (SSSR count). The maximum atomic E-state index is 5.22. The van der Waals surface area contributed by atoms with Gasteiger partial charge in [-0.05, 0) is 25.5 Å². The maximum absolute atomic E-state index is 5.22. The summed E-state index contributed by atoms with van der Waals surface area (Å²) in [4.78, 5) is 2.51. The van der Waals surface area contributed by atoms with Crippen LogP contribution in [0.3, 0.4) is 0 Å². The monoisotopic (exact) mass is 206 g/mol. The van der Waals surface area contributed by atoms with Crippen LogP contribution in [0.2, 0.25) is 0 Å². The topological polar surface area (TPSA) is 38.1 Å². The summed E-state index contributed by atoms with van der Waals surface area (Å²) in [5, 5.41) is 7.27. The van der Waals surface area contributed by atoms with E-state index in [1.807, 2.05) is 0 Å². The molecule has 1 aliphatic heterocycles. The fourth-order valence-corrected chi connectivity index (χ4v) is 2.61. The molecule has 0 bridgehead atoms. The highest BCUT2D eigenvalue weighted by molar-refractivity contribution is 7.15. The van der Waals surface area contributed by atoms with E-state index in [2.05, 4.69) is 29.5 Å². The summed E-state index contributed by atoms with van der Waals surface area (Å²) >= 11 is 1.76. The van der Waals surface area contributed by atoms with Gasteiger partial charge in [-0.2, -0.15) is 0 Å². The zero-order valence-corrected chi connectivity index (χ0v) is 8.65. The SMILES string of the molecule is Cc1ccc(-c2noc3c2CCN3)s1. The third-order valence-corrected chi connectivity index (χ3v) is 3.43. The van der Waals surface area contributed by atoms with Gasteiger partial charge in [-0.25, -0.2) is 0 Å². The Labute approximate surface area is 85.7 Å². The van der Waals surface area contributed by atoms with Gasteiger partial charge in [0.1, 0.15) is 5.69 Å². The summed E-state index contributed by atoms with van der Waals surface area (Å²) in [6, 6.07) is 4.22. The number of hydrogen-bond donors (Lipinski definition) is 1. The van der Waals surface area contributed by atoms with Crippen LogP contribution in [-0.2, 0) is 6.42 Å². The van der Waals surface area contributed by atoms with E-state index >= 15 is 0 Å². The lowest BCUT2D eigenvalue weighted by Gasteiger charge is -1.90. The Bertz CT molecular complexity index is 472. The second-order valence-corrected chi connectivity index (χ2v) is 4.71. The van der Waals surface area contributed by atoms with Gasteiger partial charge < -0.3 is 9.84 Å². The van der Waals surface area contributed by atoms with Crippen molar-refractivity contribution in [3.05, 3.63) is 22.6 Å². The second-order valence-electron chi connectivity index (χ2n) is 3.43. The number of nitrogens with zero attached hydrogens (tertiary/aromatic N) is 1. The average molecular weight is 206 g/mol. The van der Waals surface area contributed by atoms with Crippen LogP contribution >= 0.6 is 11.3 Å². The molecule has 72 valence electrons. The highest BCUT2D eigenvalue weighted by atomic mass is 32.1. The molecule has 0 fully saturated rings. The smallest absolute Gasteiger partial charge is 0.228 e. The minimum absolute atomic E-state index is 0.853. The molecule has 3 heterocycles. The lowest BCUT2D eigenvalue weighted by molar-refractivity contribution is 0.437. The van der Waals surface area contributed by atoms with Gasteiger partial charge in [0.15, 0.2) is 0 Å². The van der Waals surface area contributed by atoms with E-state index in [1.54, 1.807) is 11.3 Å². The molecule has 2 aromatic rings. The summed E-state index contributed by atoms with van der Waals surface area (Å²) in [5.74, 6) is 0.853. The lowest BCUT2D eigenvalue weighted by Crippen LogP contribution is -1.92. The van der Waals surface area contributed by atoms with Gasteiger partial charge in [-0.1, -0.05) is 5.16 Å². The zero-order chi connectivity index (χ0) is 9.54. The molecule has 0 radical (unpaired) electrons. The first-order valence-corrected chi connectivity index (χ1v) is 5.45. The Hall–Kier alpha value is -1.29. The quantitative estimate of drug-likeness (QED) is 0.779. The summed E-state index contributed by atoms with van der Waals surface area (Å²) < 4.78 is 5.22. The zero-order valence-electron chi connectivity index (χ0n) is 7.83. The van der Waals surface area contributed by atoms with Crippen LogP contribution in [-0.4, -0.2) is 11.7 Å². The predicted octanol–water partition coefficient (Wildman–Crippen LogP) is 2.68. The third kappa shape index (κ3) is 1.07. The highest BCUT2D eigenvalue weighted by Gasteiger charge is 2.22. The van der Waals surface area contributed by atoms with Crippen molar-refractivity contribution in [1.82, 2.24) is 5.16 Å². The number of anilines is 1. The van der Waals surface area contributed by atoms with Gasteiger partial charge in [-0.3, -0.25) is 0 Å². The van der Waals surface area contributed by atoms with Gasteiger partial charge in [0, 0.05) is 17.0 Å². The third-order valence-electron chi connectivity index (χ3n) is 2.42. The molecule has 0 saturated heterocycles. The molecule has 2 aromatic heterocycles. The molecule has 3 nitrogen and oxygen atoms in total. The summed E-state index contributed by atoms with van der Waals surface area (Å²) in [6.07, 6.45) is 1.02. The summed E-state index contributed by atoms with van der Waals surface area (Å²) in [7, 11) is 0. The normalized spacial score (nSPS) is 14.1. The Morgan fingerprint density at radius 1 is 1.50 bits per heavy atom. The van der Waals surface area contributed by atoms with Gasteiger partial charge in [0.25, 0.3) is 0 Å². The van der Waals surface area contributed by atoms with E-state index in [9.17, 15) is 0 Å². The standard InChI is InChI=1S/C10H10N2OS/c1-6-2-3-8(14-6)9-7-4-5-11-10(7)13-12-9/h2-3,11H,4-5H2,1H3. The Balaban J connectivity index is 2.12. The fourth-order valence-electron chi connectivity index (χ4n) is 1.74. The van der Waals surface area contributed by atoms with Crippen molar-refractivity contribution >= 4 is 17.2 Å². The second kappa shape index (κ2) is 2.85. The van der Waals surface area contributed by atoms with Crippen molar-refractivity contribution < 1.29 is 4.52 Å². The summed E-state index contributed by atoms with van der Waals surface area (Å²) in [5.41, 5.74) is 2.25. The molecule has 1 aliphatic rings. The van der Waals surface area contributed by atoms with E-state index in [-0.39, 0.29) is 0 Å². The lowest BCUT2D eigenvalue weighted by atomic mass is 10.2. The van der Waals surface area contributed by atoms with E-state index in [0.717, 1.165) is 24.5 Å². The molecule has 4 heteroatoms. The van der Waals surface area contributed by atoms with E-state index in [0.29, 0.717) is 0 Å². The average Bonchev–Trinajstić information content (AvgIpc) is 2.77. The molecule has 0 amide bonds. The Morgan fingerprint density at radius 3 is 3.21 bits per heavy atom. The molecule has 0 aliphatic carbocycles. The molecular formula is C10H10N2OS. The van der Waals surface area contributed by atoms with Gasteiger partial charge in [0.2, 0.25) is 5.88 Å². The number of aryl methyl sites for hydroxylation is 1. The molecule has 14 heavy (non-hydrogen) atoms. The number of fused-ring (bicyclic) bond motifs is 1. The Morgan fingerprint density at radius 2 is 2.43 bits per heavy atom. The molecule has 1 N–H and O–H groups in total. The van der Waals surface area contributed by atoms with Gasteiger partial charge in [-0.15, -0.1) is 11.3 Å². The van der Waals surface area contributed by atoms with Crippen LogP contribution in [0.15, 0.2) is 16.7 Å². The first-order valence-electron chi connectivity index (χ1n) is 4.64. The first-order chi connectivity index (χ1) is 6.84. The number of rotatable bonds is 1. The molecule has 0 atom stereocenters. The highest BCUT2D eigenvalue weighted by Crippen LogP contribution is 2.35. The van der Waals surface area contributed by atoms with Crippen molar-refractivity contribution in [3.63, 3.8) is 0 Å². The summed E-state index contributed by atoms with van der Waals surface area (Å²) in [6.45, 7) is 3.07. The molecular weight excluding hydrogens is 196 g/mol. The molecule has 0 spiro atoms. The van der Waals surface area contributed by atoms with Crippen molar-refractivity contribution in [2.24, 2.45) is 0 Å². The van der Waals surface area contributed by atoms with Gasteiger partial charge >= 0.3 is 0 Å². The van der Waals surface area contributed by atoms with Crippen LogP contribution in [0.25, 0.3) is 10.6 Å². The molecule has 0 unspecified atom stereocenters. The number of thiophene rings is 1. The van der Waals surface area contributed by atoms with Crippen molar-refractivity contribution in [1.29, 1.82) is 0 Å². The largest absolute Gasteiger partial charge is 0.353 e. The van der Waals surface area contributed by atoms with E-state index < -0.39 is 0 Å². The van der Waals surface area contributed by atoms with E-state index in [1.165, 1.54) is 15.3 Å². The minimum atomic E-state index is 0.853. The molecule has 0 saturated carbocycles. The van der Waals surface area contributed by atoms with Crippen LogP contribution in [0.1, 0.15) is 10.4 Å². The van der Waals surface area contributed by atoms with Crippen molar-refractivity contribution in [2.75, 3.05) is 11.9 Å². The number of nitrogens with one attached hydrogen (secondary N) is 1. The van der Waals surface area contributed by atoms with Crippen LogP contribution < -0.4 is 5.32 Å². The molecule has 0 aromatic carbocycles.